The first kappa shape index (κ1) is 14.0. The molecule has 0 aliphatic carbocycles. The monoisotopic (exact) mass is 252 g/mol. The molecule has 0 unspecified atom stereocenters. The number of carboxylic acid groups (broad SMARTS) is 1. The average molecular weight is 252 g/mol. The molecule has 0 aliphatic rings. The second kappa shape index (κ2) is 7.29. The number of hydrogen-bond acceptors (Lipinski definition) is 5. The van der Waals surface area contributed by atoms with E-state index in [1.54, 1.807) is 24.3 Å². The fraction of sp³-hybridized carbons (Fsp3) is 0.333. The van der Waals surface area contributed by atoms with E-state index >= 15 is 0 Å². The van der Waals surface area contributed by atoms with Crippen molar-refractivity contribution in [2.75, 3.05) is 18.5 Å². The summed E-state index contributed by atoms with van der Waals surface area (Å²) in [7, 11) is 0. The van der Waals surface area contributed by atoms with Crippen LogP contribution in [0.1, 0.15) is 6.42 Å². The van der Waals surface area contributed by atoms with Crippen molar-refractivity contribution in [3.63, 3.8) is 0 Å². The number of rotatable bonds is 8. The van der Waals surface area contributed by atoms with Crippen LogP contribution in [0.25, 0.3) is 0 Å². The van der Waals surface area contributed by atoms with E-state index in [0.717, 1.165) is 0 Å². The number of carboxylic acids is 1. The van der Waals surface area contributed by atoms with Crippen LogP contribution in [0.2, 0.25) is 0 Å². The Morgan fingerprint density at radius 2 is 2.22 bits per heavy atom. The number of aliphatic carboxylic acids is 1. The maximum Gasteiger partial charge on any atom is 0.305 e. The summed E-state index contributed by atoms with van der Waals surface area (Å²) in [6.07, 6.45) is 0.628. The van der Waals surface area contributed by atoms with Crippen LogP contribution in [-0.2, 0) is 9.59 Å². The van der Waals surface area contributed by atoms with E-state index in [0.29, 0.717) is 24.3 Å². The normalized spacial score (nSPS) is 11.6. The van der Waals surface area contributed by atoms with E-state index in [1.807, 2.05) is 0 Å². The van der Waals surface area contributed by atoms with E-state index < -0.39 is 12.0 Å². The van der Waals surface area contributed by atoms with Crippen LogP contribution in [0, 0.1) is 0 Å². The van der Waals surface area contributed by atoms with Crippen molar-refractivity contribution >= 4 is 17.9 Å². The molecule has 6 nitrogen and oxygen atoms in total. The van der Waals surface area contributed by atoms with Crippen molar-refractivity contribution in [3.05, 3.63) is 24.3 Å². The highest BCUT2D eigenvalue weighted by atomic mass is 16.5. The van der Waals surface area contributed by atoms with Gasteiger partial charge in [0, 0.05) is 6.54 Å². The molecule has 0 saturated heterocycles. The van der Waals surface area contributed by atoms with E-state index in [-0.39, 0.29) is 13.0 Å². The average Bonchev–Trinajstić information content (AvgIpc) is 2.36. The highest BCUT2D eigenvalue weighted by Gasteiger charge is 2.06. The van der Waals surface area contributed by atoms with Gasteiger partial charge in [-0.2, -0.15) is 0 Å². The second-order valence-corrected chi connectivity index (χ2v) is 3.68. The van der Waals surface area contributed by atoms with Gasteiger partial charge in [0.15, 0.2) is 0 Å². The SMILES string of the molecule is N[C@@H](C=O)COc1ccccc1NCCC(=O)O. The topological polar surface area (TPSA) is 102 Å². The van der Waals surface area contributed by atoms with Gasteiger partial charge in [0.05, 0.1) is 18.2 Å². The van der Waals surface area contributed by atoms with Gasteiger partial charge in [-0.05, 0) is 12.1 Å². The molecule has 0 radical (unpaired) electrons. The van der Waals surface area contributed by atoms with Gasteiger partial charge in [-0.1, -0.05) is 12.1 Å². The molecule has 18 heavy (non-hydrogen) atoms. The predicted molar refractivity (Wildman–Crippen MR) is 66.7 cm³/mol. The molecule has 6 heteroatoms. The van der Waals surface area contributed by atoms with Gasteiger partial charge in [-0.25, -0.2) is 0 Å². The summed E-state index contributed by atoms with van der Waals surface area (Å²) in [6, 6.07) is 6.40. The third-order valence-corrected chi connectivity index (χ3v) is 2.15. The zero-order chi connectivity index (χ0) is 13.4. The van der Waals surface area contributed by atoms with Gasteiger partial charge < -0.3 is 25.7 Å². The number of aldehydes is 1. The lowest BCUT2D eigenvalue weighted by Gasteiger charge is -2.13. The molecule has 0 fully saturated rings. The Kier molecular flexibility index (Phi) is 5.66. The number of nitrogens with one attached hydrogen (secondary N) is 1. The van der Waals surface area contributed by atoms with Gasteiger partial charge in [-0.3, -0.25) is 4.79 Å². The number of nitrogens with two attached hydrogens (primary N) is 1. The Morgan fingerprint density at radius 1 is 1.50 bits per heavy atom. The number of para-hydroxylation sites is 2. The molecule has 0 bridgehead atoms. The van der Waals surface area contributed by atoms with Crippen LogP contribution in [-0.4, -0.2) is 36.6 Å². The lowest BCUT2D eigenvalue weighted by atomic mass is 10.2. The van der Waals surface area contributed by atoms with Gasteiger partial charge in [0.1, 0.15) is 18.6 Å². The molecule has 1 rings (SSSR count). The Labute approximate surface area is 105 Å². The highest BCUT2D eigenvalue weighted by Crippen LogP contribution is 2.23. The fourth-order valence-electron chi connectivity index (χ4n) is 1.27. The first-order valence-electron chi connectivity index (χ1n) is 5.52. The van der Waals surface area contributed by atoms with Crippen LogP contribution < -0.4 is 15.8 Å². The molecular weight excluding hydrogens is 236 g/mol. The van der Waals surface area contributed by atoms with Crippen molar-refractivity contribution in [3.8, 4) is 5.75 Å². The first-order chi connectivity index (χ1) is 8.63. The molecule has 1 aromatic rings. The number of ether oxygens (including phenoxy) is 1. The van der Waals surface area contributed by atoms with Gasteiger partial charge in [-0.15, -0.1) is 0 Å². The third-order valence-electron chi connectivity index (χ3n) is 2.15. The summed E-state index contributed by atoms with van der Waals surface area (Å²) < 4.78 is 5.38. The molecule has 0 saturated carbocycles. The largest absolute Gasteiger partial charge is 0.489 e. The van der Waals surface area contributed by atoms with Crippen molar-refractivity contribution in [2.24, 2.45) is 5.73 Å². The van der Waals surface area contributed by atoms with Crippen LogP contribution in [0.5, 0.6) is 5.75 Å². The maximum absolute atomic E-state index is 10.4. The number of hydrogen-bond donors (Lipinski definition) is 3. The summed E-state index contributed by atoms with van der Waals surface area (Å²) in [5.74, 6) is -0.330. The molecular formula is C12H16N2O4. The minimum atomic E-state index is -0.871. The van der Waals surface area contributed by atoms with Crippen LogP contribution in [0.3, 0.4) is 0 Å². The molecule has 0 aromatic heterocycles. The summed E-state index contributed by atoms with van der Waals surface area (Å²) in [5, 5.41) is 11.5. The predicted octanol–water partition coefficient (Wildman–Crippen LogP) is 0.478. The van der Waals surface area contributed by atoms with Crippen molar-refractivity contribution in [1.82, 2.24) is 0 Å². The summed E-state index contributed by atoms with van der Waals surface area (Å²) in [4.78, 5) is 20.8. The van der Waals surface area contributed by atoms with E-state index in [2.05, 4.69) is 5.32 Å². The van der Waals surface area contributed by atoms with E-state index in [9.17, 15) is 9.59 Å². The Balaban J connectivity index is 2.55. The van der Waals surface area contributed by atoms with Crippen LogP contribution >= 0.6 is 0 Å². The van der Waals surface area contributed by atoms with Crippen molar-refractivity contribution in [1.29, 1.82) is 0 Å². The smallest absolute Gasteiger partial charge is 0.305 e. The number of anilines is 1. The molecule has 0 heterocycles. The van der Waals surface area contributed by atoms with Gasteiger partial charge >= 0.3 is 5.97 Å². The third kappa shape index (κ3) is 4.84. The zero-order valence-corrected chi connectivity index (χ0v) is 9.83. The highest BCUT2D eigenvalue weighted by molar-refractivity contribution is 5.68. The minimum absolute atomic E-state index is 0.0161. The molecule has 4 N–H and O–H groups in total. The van der Waals surface area contributed by atoms with Gasteiger partial charge in [0.2, 0.25) is 0 Å². The minimum Gasteiger partial charge on any atom is -0.489 e. The molecule has 0 aliphatic heterocycles. The number of benzene rings is 1. The van der Waals surface area contributed by atoms with Gasteiger partial charge in [0.25, 0.3) is 0 Å². The molecule has 1 atom stereocenters. The molecule has 0 spiro atoms. The van der Waals surface area contributed by atoms with Crippen molar-refractivity contribution in [2.45, 2.75) is 12.5 Å². The molecule has 98 valence electrons. The quantitative estimate of drug-likeness (QED) is 0.582. The first-order valence-corrected chi connectivity index (χ1v) is 5.52. The fourth-order valence-corrected chi connectivity index (χ4v) is 1.27. The molecule has 1 aromatic carbocycles. The summed E-state index contributed by atoms with van der Waals surface area (Å²) >= 11 is 0. The lowest BCUT2D eigenvalue weighted by Crippen LogP contribution is -2.29. The number of carbonyl (C=O) groups excluding carboxylic acids is 1. The van der Waals surface area contributed by atoms with E-state index in [1.165, 1.54) is 0 Å². The van der Waals surface area contributed by atoms with E-state index in [4.69, 9.17) is 15.6 Å². The Morgan fingerprint density at radius 3 is 2.89 bits per heavy atom. The van der Waals surface area contributed by atoms with Crippen molar-refractivity contribution < 1.29 is 19.4 Å². The van der Waals surface area contributed by atoms with Crippen LogP contribution in [0.15, 0.2) is 24.3 Å². The lowest BCUT2D eigenvalue weighted by molar-refractivity contribution is -0.136. The zero-order valence-electron chi connectivity index (χ0n) is 9.83. The van der Waals surface area contributed by atoms with Crippen LogP contribution in [0.4, 0.5) is 5.69 Å². The standard InChI is InChI=1S/C12H16N2O4/c13-9(7-15)8-18-11-4-2-1-3-10(11)14-6-5-12(16)17/h1-4,7,9,14H,5-6,8,13H2,(H,16,17)/t9-/m0/s1. The maximum atomic E-state index is 10.4. The molecule has 0 amide bonds. The Hall–Kier alpha value is -2.08. The Bertz CT molecular complexity index is 409. The summed E-state index contributed by atoms with van der Waals surface area (Å²) in [6.45, 7) is 0.385. The summed E-state index contributed by atoms with van der Waals surface area (Å²) in [5.41, 5.74) is 6.10. The number of carbonyl (C=O) groups is 2. The second-order valence-electron chi connectivity index (χ2n) is 3.68.